The molecule has 0 bridgehead atoms. The van der Waals surface area contributed by atoms with E-state index >= 15 is 0 Å². The SMILES string of the molecule is CCCOc1cccc(NCc2nnnn2-c2ccc(S(C)(=O)=O)cc2)c1. The van der Waals surface area contributed by atoms with Gasteiger partial charge in [0.05, 0.1) is 23.7 Å². The third kappa shape index (κ3) is 4.82. The molecular weight excluding hydrogens is 366 g/mol. The molecule has 0 atom stereocenters. The smallest absolute Gasteiger partial charge is 0.175 e. The van der Waals surface area contributed by atoms with Gasteiger partial charge in [-0.2, -0.15) is 4.68 Å². The first-order valence-electron chi connectivity index (χ1n) is 8.52. The number of aromatic nitrogens is 4. The van der Waals surface area contributed by atoms with E-state index in [-0.39, 0.29) is 4.90 Å². The lowest BCUT2D eigenvalue weighted by molar-refractivity contribution is 0.317. The van der Waals surface area contributed by atoms with E-state index in [2.05, 4.69) is 27.8 Å². The Balaban J connectivity index is 1.72. The fourth-order valence-corrected chi connectivity index (χ4v) is 3.08. The molecule has 9 heteroatoms. The summed E-state index contributed by atoms with van der Waals surface area (Å²) in [6.45, 7) is 3.13. The van der Waals surface area contributed by atoms with E-state index < -0.39 is 9.84 Å². The third-order valence-corrected chi connectivity index (χ3v) is 4.93. The fraction of sp³-hybridized carbons (Fsp3) is 0.278. The summed E-state index contributed by atoms with van der Waals surface area (Å²) >= 11 is 0. The van der Waals surface area contributed by atoms with Gasteiger partial charge in [-0.25, -0.2) is 8.42 Å². The number of hydrogen-bond donors (Lipinski definition) is 1. The quantitative estimate of drug-likeness (QED) is 0.634. The van der Waals surface area contributed by atoms with Crippen LogP contribution >= 0.6 is 0 Å². The Morgan fingerprint density at radius 1 is 1.15 bits per heavy atom. The molecule has 0 aliphatic heterocycles. The Labute approximate surface area is 158 Å². The van der Waals surface area contributed by atoms with E-state index in [1.54, 1.807) is 16.8 Å². The van der Waals surface area contributed by atoms with Crippen LogP contribution in [0, 0.1) is 0 Å². The van der Waals surface area contributed by atoms with Crippen molar-refractivity contribution in [3.8, 4) is 11.4 Å². The summed E-state index contributed by atoms with van der Waals surface area (Å²) in [4.78, 5) is 0.253. The minimum atomic E-state index is -3.24. The number of anilines is 1. The van der Waals surface area contributed by atoms with E-state index in [1.165, 1.54) is 18.4 Å². The molecule has 0 unspecified atom stereocenters. The zero-order chi connectivity index (χ0) is 19.3. The maximum absolute atomic E-state index is 11.6. The van der Waals surface area contributed by atoms with Gasteiger partial charge in [-0.1, -0.05) is 13.0 Å². The van der Waals surface area contributed by atoms with Crippen LogP contribution in [0.25, 0.3) is 5.69 Å². The number of nitrogens with one attached hydrogen (secondary N) is 1. The second kappa shape index (κ2) is 8.17. The Morgan fingerprint density at radius 2 is 1.93 bits per heavy atom. The van der Waals surface area contributed by atoms with Crippen molar-refractivity contribution in [2.24, 2.45) is 0 Å². The van der Waals surface area contributed by atoms with Crippen molar-refractivity contribution in [1.29, 1.82) is 0 Å². The third-order valence-electron chi connectivity index (χ3n) is 3.80. The molecule has 0 amide bonds. The number of benzene rings is 2. The molecule has 0 radical (unpaired) electrons. The van der Waals surface area contributed by atoms with E-state index in [0.29, 0.717) is 24.7 Å². The molecule has 2 aromatic carbocycles. The van der Waals surface area contributed by atoms with Gasteiger partial charge >= 0.3 is 0 Å². The lowest BCUT2D eigenvalue weighted by atomic mass is 10.3. The number of tetrazole rings is 1. The van der Waals surface area contributed by atoms with Crippen molar-refractivity contribution in [3.63, 3.8) is 0 Å². The molecule has 142 valence electrons. The van der Waals surface area contributed by atoms with Crippen molar-refractivity contribution in [2.45, 2.75) is 24.8 Å². The lowest BCUT2D eigenvalue weighted by Crippen LogP contribution is -2.09. The molecule has 0 fully saturated rings. The van der Waals surface area contributed by atoms with Gasteiger partial charge in [-0.05, 0) is 53.2 Å². The van der Waals surface area contributed by atoms with Gasteiger partial charge in [-0.3, -0.25) is 0 Å². The molecule has 1 N–H and O–H groups in total. The van der Waals surface area contributed by atoms with Gasteiger partial charge in [0.2, 0.25) is 0 Å². The van der Waals surface area contributed by atoms with Gasteiger partial charge in [0, 0.05) is 18.0 Å². The Kier molecular flexibility index (Phi) is 5.70. The van der Waals surface area contributed by atoms with Crippen LogP contribution < -0.4 is 10.1 Å². The van der Waals surface area contributed by atoms with Crippen molar-refractivity contribution < 1.29 is 13.2 Å². The summed E-state index contributed by atoms with van der Waals surface area (Å²) in [6.07, 6.45) is 2.12. The normalized spacial score (nSPS) is 11.3. The summed E-state index contributed by atoms with van der Waals surface area (Å²) < 4.78 is 30.4. The first-order valence-corrected chi connectivity index (χ1v) is 10.4. The number of hydrogen-bond acceptors (Lipinski definition) is 7. The number of nitrogens with zero attached hydrogens (tertiary/aromatic N) is 4. The van der Waals surface area contributed by atoms with Gasteiger partial charge < -0.3 is 10.1 Å². The molecule has 8 nitrogen and oxygen atoms in total. The van der Waals surface area contributed by atoms with E-state index in [0.717, 1.165) is 17.9 Å². The van der Waals surface area contributed by atoms with Crippen molar-refractivity contribution in [3.05, 3.63) is 54.4 Å². The van der Waals surface area contributed by atoms with E-state index in [1.807, 2.05) is 24.3 Å². The minimum Gasteiger partial charge on any atom is -0.494 e. The molecule has 3 aromatic rings. The van der Waals surface area contributed by atoms with Gasteiger partial charge in [0.15, 0.2) is 15.7 Å². The van der Waals surface area contributed by atoms with Gasteiger partial charge in [-0.15, -0.1) is 5.10 Å². The van der Waals surface area contributed by atoms with Crippen LogP contribution in [0.15, 0.2) is 53.4 Å². The van der Waals surface area contributed by atoms with Crippen LogP contribution in [0.2, 0.25) is 0 Å². The largest absolute Gasteiger partial charge is 0.494 e. The van der Waals surface area contributed by atoms with Crippen LogP contribution in [0.1, 0.15) is 19.2 Å². The van der Waals surface area contributed by atoms with Crippen LogP contribution in [0.3, 0.4) is 0 Å². The van der Waals surface area contributed by atoms with E-state index in [9.17, 15) is 8.42 Å². The topological polar surface area (TPSA) is 99.0 Å². The molecule has 1 heterocycles. The Bertz CT molecular complexity index is 1000. The molecule has 0 aliphatic rings. The van der Waals surface area contributed by atoms with E-state index in [4.69, 9.17) is 4.74 Å². The number of sulfone groups is 1. The highest BCUT2D eigenvalue weighted by molar-refractivity contribution is 7.90. The highest BCUT2D eigenvalue weighted by Crippen LogP contribution is 2.19. The molecule has 27 heavy (non-hydrogen) atoms. The average molecular weight is 387 g/mol. The predicted molar refractivity (Wildman–Crippen MR) is 102 cm³/mol. The molecule has 0 saturated carbocycles. The summed E-state index contributed by atoms with van der Waals surface area (Å²) in [5.41, 5.74) is 1.58. The van der Waals surface area contributed by atoms with Crippen LogP contribution in [-0.4, -0.2) is 41.5 Å². The predicted octanol–water partition coefficient (Wildman–Crippen LogP) is 2.47. The Morgan fingerprint density at radius 3 is 2.63 bits per heavy atom. The second-order valence-corrected chi connectivity index (χ2v) is 8.02. The standard InChI is InChI=1S/C18H21N5O3S/c1-3-11-26-16-6-4-5-14(12-16)19-13-18-20-21-22-23(18)15-7-9-17(10-8-15)27(2,24)25/h4-10,12,19H,3,11,13H2,1-2H3. The summed E-state index contributed by atoms with van der Waals surface area (Å²) in [5.74, 6) is 1.40. The van der Waals surface area contributed by atoms with Crippen LogP contribution in [0.5, 0.6) is 5.75 Å². The fourth-order valence-electron chi connectivity index (χ4n) is 2.45. The zero-order valence-electron chi connectivity index (χ0n) is 15.2. The monoisotopic (exact) mass is 387 g/mol. The van der Waals surface area contributed by atoms with Crippen molar-refractivity contribution >= 4 is 15.5 Å². The maximum atomic E-state index is 11.6. The maximum Gasteiger partial charge on any atom is 0.175 e. The van der Waals surface area contributed by atoms with Gasteiger partial charge in [0.25, 0.3) is 0 Å². The number of rotatable bonds is 8. The number of ether oxygens (including phenoxy) is 1. The highest BCUT2D eigenvalue weighted by Gasteiger charge is 2.11. The molecular formula is C18H21N5O3S. The zero-order valence-corrected chi connectivity index (χ0v) is 16.0. The average Bonchev–Trinajstić information content (AvgIpc) is 3.13. The highest BCUT2D eigenvalue weighted by atomic mass is 32.2. The first kappa shape index (κ1) is 18.8. The second-order valence-electron chi connectivity index (χ2n) is 6.00. The first-order chi connectivity index (χ1) is 13.0. The minimum absolute atomic E-state index is 0.253. The molecule has 0 spiro atoms. The molecule has 0 saturated heterocycles. The summed E-state index contributed by atoms with van der Waals surface area (Å²) in [7, 11) is -3.24. The van der Waals surface area contributed by atoms with Gasteiger partial charge in [0.1, 0.15) is 5.75 Å². The van der Waals surface area contributed by atoms with Crippen LogP contribution in [0.4, 0.5) is 5.69 Å². The molecule has 3 rings (SSSR count). The summed E-state index contributed by atoms with van der Waals surface area (Å²) in [5, 5.41) is 15.0. The molecule has 1 aromatic heterocycles. The summed E-state index contributed by atoms with van der Waals surface area (Å²) in [6, 6.07) is 14.1. The van der Waals surface area contributed by atoms with Crippen molar-refractivity contribution in [1.82, 2.24) is 20.2 Å². The molecule has 0 aliphatic carbocycles. The Hall–Kier alpha value is -2.94. The lowest BCUT2D eigenvalue weighted by Gasteiger charge is -2.10. The van der Waals surface area contributed by atoms with Crippen molar-refractivity contribution in [2.75, 3.05) is 18.2 Å². The van der Waals surface area contributed by atoms with Crippen LogP contribution in [-0.2, 0) is 16.4 Å².